The number of benzene rings is 1. The lowest BCUT2D eigenvalue weighted by molar-refractivity contribution is 0.0699. The minimum atomic E-state index is 0.477. The lowest BCUT2D eigenvalue weighted by Crippen LogP contribution is -2.36. The molecular weight excluding hydrogens is 242 g/mol. The average Bonchev–Trinajstić information content (AvgIpc) is 2.71. The van der Waals surface area contributed by atoms with Crippen LogP contribution in [0.1, 0.15) is 24.8 Å². The van der Waals surface area contributed by atoms with Gasteiger partial charge in [-0.25, -0.2) is 0 Å². The zero-order valence-electron chi connectivity index (χ0n) is 11.2. The molecule has 3 rings (SSSR count). The third kappa shape index (κ3) is 3.39. The van der Waals surface area contributed by atoms with Crippen LogP contribution < -0.4 is 14.8 Å². The van der Waals surface area contributed by atoms with Crippen molar-refractivity contribution in [1.82, 2.24) is 5.32 Å². The van der Waals surface area contributed by atoms with Crippen LogP contribution >= 0.6 is 0 Å². The number of hydrogen-bond donors (Lipinski definition) is 1. The molecule has 4 heteroatoms. The first-order valence-corrected chi connectivity index (χ1v) is 7.11. The highest BCUT2D eigenvalue weighted by Gasteiger charge is 2.14. The highest BCUT2D eigenvalue weighted by Crippen LogP contribution is 2.30. The van der Waals surface area contributed by atoms with E-state index in [1.807, 2.05) is 6.07 Å². The Morgan fingerprint density at radius 2 is 1.95 bits per heavy atom. The Labute approximate surface area is 114 Å². The summed E-state index contributed by atoms with van der Waals surface area (Å²) in [7, 11) is 0. The molecule has 2 aliphatic rings. The summed E-state index contributed by atoms with van der Waals surface area (Å²) in [6.45, 7) is 4.06. The molecule has 1 saturated heterocycles. The zero-order chi connectivity index (χ0) is 12.9. The fourth-order valence-corrected chi connectivity index (χ4v) is 2.48. The van der Waals surface area contributed by atoms with Gasteiger partial charge in [0.2, 0.25) is 0 Å². The van der Waals surface area contributed by atoms with Crippen LogP contribution in [-0.4, -0.2) is 32.5 Å². The molecule has 19 heavy (non-hydrogen) atoms. The Kier molecular flexibility index (Phi) is 4.20. The van der Waals surface area contributed by atoms with E-state index in [-0.39, 0.29) is 0 Å². The second kappa shape index (κ2) is 6.26. The molecule has 1 unspecified atom stereocenters. The fourth-order valence-electron chi connectivity index (χ4n) is 2.48. The molecule has 2 heterocycles. The Balaban J connectivity index is 1.60. The number of ether oxygens (including phenoxy) is 3. The van der Waals surface area contributed by atoms with Crippen LogP contribution in [0.15, 0.2) is 18.2 Å². The first kappa shape index (κ1) is 12.8. The molecule has 0 aliphatic carbocycles. The molecular formula is C15H21NO3. The molecule has 0 saturated carbocycles. The maximum Gasteiger partial charge on any atom is 0.161 e. The van der Waals surface area contributed by atoms with Gasteiger partial charge in [-0.2, -0.15) is 0 Å². The van der Waals surface area contributed by atoms with E-state index >= 15 is 0 Å². The molecule has 1 atom stereocenters. The first-order chi connectivity index (χ1) is 9.42. The molecule has 1 aromatic carbocycles. The van der Waals surface area contributed by atoms with E-state index in [2.05, 4.69) is 17.4 Å². The molecule has 104 valence electrons. The van der Waals surface area contributed by atoms with Crippen LogP contribution in [0.2, 0.25) is 0 Å². The summed E-state index contributed by atoms with van der Waals surface area (Å²) in [4.78, 5) is 0. The van der Waals surface area contributed by atoms with Gasteiger partial charge < -0.3 is 19.5 Å². The minimum absolute atomic E-state index is 0.477. The Bertz CT molecular complexity index is 416. The van der Waals surface area contributed by atoms with Crippen LogP contribution in [-0.2, 0) is 11.3 Å². The van der Waals surface area contributed by atoms with Crippen LogP contribution in [0.4, 0.5) is 0 Å². The van der Waals surface area contributed by atoms with Crippen molar-refractivity contribution in [2.75, 3.05) is 26.4 Å². The van der Waals surface area contributed by atoms with Gasteiger partial charge in [0.05, 0.1) is 19.8 Å². The lowest BCUT2D eigenvalue weighted by atomic mass is 10.1. The van der Waals surface area contributed by atoms with Crippen LogP contribution in [0, 0.1) is 0 Å². The smallest absolute Gasteiger partial charge is 0.161 e. The van der Waals surface area contributed by atoms with E-state index in [0.717, 1.165) is 57.3 Å². The Morgan fingerprint density at radius 1 is 1.05 bits per heavy atom. The number of fused-ring (bicyclic) bond motifs is 1. The number of hydrogen-bond acceptors (Lipinski definition) is 4. The van der Waals surface area contributed by atoms with Gasteiger partial charge in [0.15, 0.2) is 11.5 Å². The quantitative estimate of drug-likeness (QED) is 0.906. The second-order valence-corrected chi connectivity index (χ2v) is 5.13. The summed E-state index contributed by atoms with van der Waals surface area (Å²) in [6.07, 6.45) is 3.30. The molecule has 0 aromatic heterocycles. The molecule has 2 aliphatic heterocycles. The third-order valence-electron chi connectivity index (χ3n) is 3.57. The molecule has 1 fully saturated rings. The summed E-state index contributed by atoms with van der Waals surface area (Å²) >= 11 is 0. The molecule has 0 amide bonds. The largest absolute Gasteiger partial charge is 0.490 e. The summed E-state index contributed by atoms with van der Waals surface area (Å²) in [5.74, 6) is 1.74. The summed E-state index contributed by atoms with van der Waals surface area (Å²) in [6, 6.07) is 6.67. The standard InChI is InChI=1S/C15H21NO3/c1-3-13(11-17-6-1)16-10-12-4-5-14-15(9-12)19-8-2-7-18-14/h4-5,9,13,16H,1-3,6-8,10-11H2. The normalized spacial score (nSPS) is 22.8. The number of rotatable bonds is 3. The van der Waals surface area contributed by atoms with E-state index in [0.29, 0.717) is 6.04 Å². The van der Waals surface area contributed by atoms with Crippen molar-refractivity contribution in [3.63, 3.8) is 0 Å². The van der Waals surface area contributed by atoms with Gasteiger partial charge in [-0.15, -0.1) is 0 Å². The van der Waals surface area contributed by atoms with Crippen molar-refractivity contribution in [3.8, 4) is 11.5 Å². The third-order valence-corrected chi connectivity index (χ3v) is 3.57. The van der Waals surface area contributed by atoms with Gasteiger partial charge in [0, 0.05) is 25.6 Å². The average molecular weight is 263 g/mol. The van der Waals surface area contributed by atoms with Crippen molar-refractivity contribution >= 4 is 0 Å². The molecule has 0 bridgehead atoms. The van der Waals surface area contributed by atoms with Crippen molar-refractivity contribution in [3.05, 3.63) is 23.8 Å². The SMILES string of the molecule is c1cc2c(cc1CNC1CCCOC1)OCCCO2. The molecule has 1 N–H and O–H groups in total. The van der Waals surface area contributed by atoms with Gasteiger partial charge >= 0.3 is 0 Å². The Morgan fingerprint density at radius 3 is 2.79 bits per heavy atom. The van der Waals surface area contributed by atoms with Crippen LogP contribution in [0.25, 0.3) is 0 Å². The van der Waals surface area contributed by atoms with E-state index in [9.17, 15) is 0 Å². The monoisotopic (exact) mass is 263 g/mol. The molecule has 0 spiro atoms. The minimum Gasteiger partial charge on any atom is -0.490 e. The van der Waals surface area contributed by atoms with Crippen molar-refractivity contribution < 1.29 is 14.2 Å². The van der Waals surface area contributed by atoms with Crippen molar-refractivity contribution in [2.24, 2.45) is 0 Å². The zero-order valence-corrected chi connectivity index (χ0v) is 11.2. The van der Waals surface area contributed by atoms with E-state index in [4.69, 9.17) is 14.2 Å². The van der Waals surface area contributed by atoms with E-state index in [1.54, 1.807) is 0 Å². The second-order valence-electron chi connectivity index (χ2n) is 5.13. The number of nitrogens with one attached hydrogen (secondary N) is 1. The maximum absolute atomic E-state index is 5.70. The van der Waals surface area contributed by atoms with Gasteiger partial charge in [0.1, 0.15) is 0 Å². The van der Waals surface area contributed by atoms with Crippen molar-refractivity contribution in [1.29, 1.82) is 0 Å². The van der Waals surface area contributed by atoms with Crippen LogP contribution in [0.3, 0.4) is 0 Å². The lowest BCUT2D eigenvalue weighted by Gasteiger charge is -2.23. The summed E-state index contributed by atoms with van der Waals surface area (Å²) in [5.41, 5.74) is 1.23. The van der Waals surface area contributed by atoms with Crippen molar-refractivity contribution in [2.45, 2.75) is 31.8 Å². The van der Waals surface area contributed by atoms with Gasteiger partial charge in [0.25, 0.3) is 0 Å². The molecule has 1 aromatic rings. The first-order valence-electron chi connectivity index (χ1n) is 7.11. The van der Waals surface area contributed by atoms with E-state index in [1.165, 1.54) is 12.0 Å². The molecule has 0 radical (unpaired) electrons. The highest BCUT2D eigenvalue weighted by atomic mass is 16.5. The highest BCUT2D eigenvalue weighted by molar-refractivity contribution is 5.43. The fraction of sp³-hybridized carbons (Fsp3) is 0.600. The van der Waals surface area contributed by atoms with Gasteiger partial charge in [-0.05, 0) is 30.5 Å². The Hall–Kier alpha value is -1.26. The maximum atomic E-state index is 5.70. The topological polar surface area (TPSA) is 39.7 Å². The summed E-state index contributed by atoms with van der Waals surface area (Å²) in [5, 5.41) is 3.54. The summed E-state index contributed by atoms with van der Waals surface area (Å²) < 4.78 is 16.8. The predicted molar refractivity (Wildman–Crippen MR) is 72.7 cm³/mol. The van der Waals surface area contributed by atoms with E-state index < -0.39 is 0 Å². The van der Waals surface area contributed by atoms with Gasteiger partial charge in [-0.1, -0.05) is 6.07 Å². The predicted octanol–water partition coefficient (Wildman–Crippen LogP) is 2.12. The van der Waals surface area contributed by atoms with Gasteiger partial charge in [-0.3, -0.25) is 0 Å². The molecule has 4 nitrogen and oxygen atoms in total. The van der Waals surface area contributed by atoms with Crippen LogP contribution in [0.5, 0.6) is 11.5 Å².